The van der Waals surface area contributed by atoms with E-state index in [9.17, 15) is 13.2 Å². The first-order valence-electron chi connectivity index (χ1n) is 9.92. The Morgan fingerprint density at radius 1 is 0.935 bits per heavy atom. The number of benzene rings is 3. The first-order chi connectivity index (χ1) is 14.7. The van der Waals surface area contributed by atoms with Gasteiger partial charge >= 0.3 is 0 Å². The second-order valence-electron chi connectivity index (χ2n) is 7.36. The van der Waals surface area contributed by atoms with Gasteiger partial charge in [0.15, 0.2) is 6.61 Å². The summed E-state index contributed by atoms with van der Waals surface area (Å²) in [4.78, 5) is 12.3. The number of hydrogen-bond acceptors (Lipinski definition) is 4. The van der Waals surface area contributed by atoms with Gasteiger partial charge in [-0.25, -0.2) is 8.42 Å². The third-order valence-corrected chi connectivity index (χ3v) is 6.34. The van der Waals surface area contributed by atoms with Crippen molar-refractivity contribution in [2.45, 2.75) is 31.7 Å². The molecular formula is C24H26N2O4S. The third-order valence-electron chi connectivity index (χ3n) is 4.94. The van der Waals surface area contributed by atoms with Gasteiger partial charge < -0.3 is 10.1 Å². The predicted octanol–water partition coefficient (Wildman–Crippen LogP) is 4.36. The molecule has 0 saturated carbocycles. The van der Waals surface area contributed by atoms with E-state index < -0.39 is 10.0 Å². The van der Waals surface area contributed by atoms with E-state index >= 15 is 0 Å². The normalized spacial score (nSPS) is 12.1. The number of nitrogens with one attached hydrogen (secondary N) is 2. The molecule has 1 amide bonds. The molecule has 3 rings (SSSR count). The van der Waals surface area contributed by atoms with Crippen molar-refractivity contribution >= 4 is 21.6 Å². The minimum absolute atomic E-state index is 0.111. The van der Waals surface area contributed by atoms with Gasteiger partial charge in [-0.05, 0) is 73.9 Å². The van der Waals surface area contributed by atoms with Gasteiger partial charge in [-0.1, -0.05) is 36.4 Å². The number of amides is 1. The van der Waals surface area contributed by atoms with Crippen LogP contribution in [0.3, 0.4) is 0 Å². The van der Waals surface area contributed by atoms with E-state index in [4.69, 9.17) is 4.74 Å². The highest BCUT2D eigenvalue weighted by Crippen LogP contribution is 2.21. The van der Waals surface area contributed by atoms with Crippen molar-refractivity contribution in [1.29, 1.82) is 0 Å². The molecular weight excluding hydrogens is 412 g/mol. The van der Waals surface area contributed by atoms with Crippen molar-refractivity contribution in [3.63, 3.8) is 0 Å². The van der Waals surface area contributed by atoms with Gasteiger partial charge in [0.2, 0.25) is 0 Å². The molecule has 0 heterocycles. The van der Waals surface area contributed by atoms with E-state index in [1.807, 2.05) is 57.2 Å². The fourth-order valence-electron chi connectivity index (χ4n) is 2.99. The Balaban J connectivity index is 1.56. The Labute approximate surface area is 183 Å². The average molecular weight is 439 g/mol. The zero-order chi connectivity index (χ0) is 22.4. The summed E-state index contributed by atoms with van der Waals surface area (Å²) in [7, 11) is -3.72. The lowest BCUT2D eigenvalue weighted by Crippen LogP contribution is -2.31. The van der Waals surface area contributed by atoms with Crippen LogP contribution in [0.15, 0.2) is 77.7 Å². The maximum atomic E-state index is 12.6. The van der Waals surface area contributed by atoms with Gasteiger partial charge in [0.05, 0.1) is 10.9 Å². The summed E-state index contributed by atoms with van der Waals surface area (Å²) < 4.78 is 33.3. The van der Waals surface area contributed by atoms with Crippen LogP contribution < -0.4 is 14.8 Å². The number of carbonyl (C=O) groups excluding carboxylic acids is 1. The molecule has 0 aliphatic heterocycles. The summed E-state index contributed by atoms with van der Waals surface area (Å²) in [6, 6.07) is 20.8. The molecule has 0 spiro atoms. The smallest absolute Gasteiger partial charge is 0.261 e. The molecule has 31 heavy (non-hydrogen) atoms. The zero-order valence-electron chi connectivity index (χ0n) is 17.8. The Bertz CT molecular complexity index is 1140. The van der Waals surface area contributed by atoms with E-state index in [1.165, 1.54) is 24.3 Å². The molecule has 0 unspecified atom stereocenters. The molecule has 2 N–H and O–H groups in total. The fourth-order valence-corrected chi connectivity index (χ4v) is 4.04. The van der Waals surface area contributed by atoms with Crippen molar-refractivity contribution < 1.29 is 17.9 Å². The lowest BCUT2D eigenvalue weighted by atomic mass is 10.1. The molecule has 0 radical (unpaired) electrons. The van der Waals surface area contributed by atoms with Gasteiger partial charge in [0.25, 0.3) is 15.9 Å². The topological polar surface area (TPSA) is 84.5 Å². The number of hydrogen-bond donors (Lipinski definition) is 2. The predicted molar refractivity (Wildman–Crippen MR) is 122 cm³/mol. The van der Waals surface area contributed by atoms with Crippen molar-refractivity contribution in [1.82, 2.24) is 5.32 Å². The van der Waals surface area contributed by atoms with Crippen LogP contribution in [0.5, 0.6) is 5.75 Å². The average Bonchev–Trinajstić information content (AvgIpc) is 2.75. The number of anilines is 1. The minimum atomic E-state index is -3.72. The fraction of sp³-hybridized carbons (Fsp3) is 0.208. The highest BCUT2D eigenvalue weighted by Gasteiger charge is 2.15. The van der Waals surface area contributed by atoms with Gasteiger partial charge in [-0.3, -0.25) is 9.52 Å². The Hall–Kier alpha value is -3.32. The molecule has 0 fully saturated rings. The summed E-state index contributed by atoms with van der Waals surface area (Å²) in [6.07, 6.45) is 0. The number of sulfonamides is 1. The van der Waals surface area contributed by atoms with Gasteiger partial charge in [0, 0.05) is 5.69 Å². The maximum absolute atomic E-state index is 12.6. The molecule has 3 aromatic rings. The van der Waals surface area contributed by atoms with Gasteiger partial charge in [0.1, 0.15) is 5.75 Å². The Morgan fingerprint density at radius 3 is 2.26 bits per heavy atom. The molecule has 0 saturated heterocycles. The highest BCUT2D eigenvalue weighted by molar-refractivity contribution is 7.92. The monoisotopic (exact) mass is 438 g/mol. The Morgan fingerprint density at radius 2 is 1.61 bits per heavy atom. The molecule has 0 bridgehead atoms. The van der Waals surface area contributed by atoms with E-state index in [0.717, 1.165) is 16.7 Å². The SMILES string of the molecule is Cc1ccc(NS(=O)(=O)c2ccc(OCC(=O)N[C@H](C)c3ccccc3)cc2)cc1C. The molecule has 1 atom stereocenters. The third kappa shape index (κ3) is 6.08. The maximum Gasteiger partial charge on any atom is 0.261 e. The summed E-state index contributed by atoms with van der Waals surface area (Å²) in [5, 5.41) is 2.87. The Kier molecular flexibility index (Phi) is 6.97. The molecule has 0 aliphatic carbocycles. The van der Waals surface area contributed by atoms with Crippen molar-refractivity contribution in [2.24, 2.45) is 0 Å². The van der Waals surface area contributed by atoms with Crippen molar-refractivity contribution in [3.05, 3.63) is 89.5 Å². The largest absolute Gasteiger partial charge is 0.484 e. The second kappa shape index (κ2) is 9.66. The van der Waals surface area contributed by atoms with Crippen LogP contribution in [-0.2, 0) is 14.8 Å². The van der Waals surface area contributed by atoms with E-state index in [0.29, 0.717) is 11.4 Å². The van der Waals surface area contributed by atoms with Crippen LogP contribution in [0.2, 0.25) is 0 Å². The van der Waals surface area contributed by atoms with Crippen LogP contribution in [0.4, 0.5) is 5.69 Å². The van der Waals surface area contributed by atoms with Crippen LogP contribution in [-0.4, -0.2) is 20.9 Å². The lowest BCUT2D eigenvalue weighted by Gasteiger charge is -2.15. The quantitative estimate of drug-likeness (QED) is 0.547. The first kappa shape index (κ1) is 22.4. The van der Waals surface area contributed by atoms with Crippen LogP contribution in [0.1, 0.15) is 29.7 Å². The summed E-state index contributed by atoms with van der Waals surface area (Å²) >= 11 is 0. The zero-order valence-corrected chi connectivity index (χ0v) is 18.6. The van der Waals surface area contributed by atoms with Gasteiger partial charge in [-0.2, -0.15) is 0 Å². The molecule has 7 heteroatoms. The molecule has 6 nitrogen and oxygen atoms in total. The van der Waals surface area contributed by atoms with Crippen LogP contribution in [0, 0.1) is 13.8 Å². The van der Waals surface area contributed by atoms with Crippen LogP contribution in [0.25, 0.3) is 0 Å². The van der Waals surface area contributed by atoms with Crippen molar-refractivity contribution in [2.75, 3.05) is 11.3 Å². The minimum Gasteiger partial charge on any atom is -0.484 e. The van der Waals surface area contributed by atoms with Crippen molar-refractivity contribution in [3.8, 4) is 5.75 Å². The highest BCUT2D eigenvalue weighted by atomic mass is 32.2. The summed E-state index contributed by atoms with van der Waals surface area (Å²) in [5.41, 5.74) is 3.60. The number of carbonyl (C=O) groups is 1. The number of rotatable bonds is 8. The van der Waals surface area contributed by atoms with E-state index in [1.54, 1.807) is 12.1 Å². The number of ether oxygens (including phenoxy) is 1. The first-order valence-corrected chi connectivity index (χ1v) is 11.4. The lowest BCUT2D eigenvalue weighted by molar-refractivity contribution is -0.123. The van der Waals surface area contributed by atoms with Gasteiger partial charge in [-0.15, -0.1) is 0 Å². The van der Waals surface area contributed by atoms with E-state index in [2.05, 4.69) is 10.0 Å². The molecule has 0 aromatic heterocycles. The standard InChI is InChI=1S/C24H26N2O4S/c1-17-9-10-21(15-18(17)2)26-31(28,29)23-13-11-22(12-14-23)30-16-24(27)25-19(3)20-7-5-4-6-8-20/h4-15,19,26H,16H2,1-3H3,(H,25,27)/t19-/m1/s1. The summed E-state index contributed by atoms with van der Waals surface area (Å²) in [6.45, 7) is 5.63. The molecule has 0 aliphatic rings. The van der Waals surface area contributed by atoms with Crippen LogP contribution >= 0.6 is 0 Å². The molecule has 162 valence electrons. The summed E-state index contributed by atoms with van der Waals surface area (Å²) in [5.74, 6) is 0.150. The molecule has 3 aromatic carbocycles. The van der Waals surface area contributed by atoms with E-state index in [-0.39, 0.29) is 23.5 Å². The second-order valence-corrected chi connectivity index (χ2v) is 9.05. The number of aryl methyl sites for hydroxylation is 2.